The van der Waals surface area contributed by atoms with E-state index in [9.17, 15) is 9.59 Å². The van der Waals surface area contributed by atoms with E-state index < -0.39 is 0 Å². The van der Waals surface area contributed by atoms with Crippen LogP contribution in [-0.4, -0.2) is 35.0 Å². The van der Waals surface area contributed by atoms with Gasteiger partial charge in [-0.3, -0.25) is 9.59 Å². The number of nitrogens with zero attached hydrogens (tertiary/aromatic N) is 2. The van der Waals surface area contributed by atoms with Gasteiger partial charge in [0.1, 0.15) is 5.56 Å². The summed E-state index contributed by atoms with van der Waals surface area (Å²) in [5, 5.41) is 6.79. The van der Waals surface area contributed by atoms with E-state index in [1.54, 1.807) is 31.0 Å². The summed E-state index contributed by atoms with van der Waals surface area (Å²) >= 11 is 0. The number of hydrogen-bond donors (Lipinski definition) is 1. The molecule has 2 amide bonds. The van der Waals surface area contributed by atoms with E-state index in [1.807, 2.05) is 39.8 Å². The molecular weight excluding hydrogens is 330 g/mol. The average Bonchev–Trinajstić information content (AvgIpc) is 3.00. The Balaban J connectivity index is 2.03. The fourth-order valence-electron chi connectivity index (χ4n) is 2.53. The number of amides is 2. The van der Waals surface area contributed by atoms with Crippen LogP contribution in [0.1, 0.15) is 71.3 Å². The maximum atomic E-state index is 12.5. The smallest absolute Gasteiger partial charge is 0.257 e. The van der Waals surface area contributed by atoms with Crippen LogP contribution in [-0.2, 0) is 6.54 Å². The highest BCUT2D eigenvalue weighted by Gasteiger charge is 2.22. The molecule has 0 aliphatic carbocycles. The molecule has 0 spiro atoms. The summed E-state index contributed by atoms with van der Waals surface area (Å²) in [5.74, 6) is 0.460. The highest BCUT2D eigenvalue weighted by Crippen LogP contribution is 2.22. The monoisotopic (exact) mass is 357 g/mol. The molecule has 1 aromatic carbocycles. The standard InChI is InChI=1S/C20H27N3O3/c1-12(2)18-17(14(5)22-26-18)19(24)21-11-15-7-9-16(10-8-15)20(25)23(6)13(3)4/h7-10,12-13H,11H2,1-6H3,(H,21,24). The largest absolute Gasteiger partial charge is 0.360 e. The Morgan fingerprint density at radius 2 is 1.77 bits per heavy atom. The molecule has 140 valence electrons. The highest BCUT2D eigenvalue weighted by molar-refractivity contribution is 5.96. The Labute approximate surface area is 154 Å². The third kappa shape index (κ3) is 4.31. The van der Waals surface area contributed by atoms with Crippen molar-refractivity contribution in [2.24, 2.45) is 0 Å². The first-order valence-electron chi connectivity index (χ1n) is 8.82. The Kier molecular flexibility index (Phi) is 6.18. The Bertz CT molecular complexity index is 776. The summed E-state index contributed by atoms with van der Waals surface area (Å²) in [6.45, 7) is 9.99. The fraction of sp³-hybridized carbons (Fsp3) is 0.450. The number of nitrogens with one attached hydrogen (secondary N) is 1. The van der Waals surface area contributed by atoms with E-state index in [-0.39, 0.29) is 23.8 Å². The van der Waals surface area contributed by atoms with Crippen LogP contribution in [0.3, 0.4) is 0 Å². The third-order valence-electron chi connectivity index (χ3n) is 4.39. The number of aromatic nitrogens is 1. The minimum Gasteiger partial charge on any atom is -0.360 e. The predicted molar refractivity (Wildman–Crippen MR) is 100 cm³/mol. The first-order chi connectivity index (χ1) is 12.2. The maximum absolute atomic E-state index is 12.5. The Morgan fingerprint density at radius 3 is 2.31 bits per heavy atom. The number of carbonyl (C=O) groups excluding carboxylic acids is 2. The number of carbonyl (C=O) groups is 2. The number of aryl methyl sites for hydroxylation is 1. The SMILES string of the molecule is Cc1noc(C(C)C)c1C(=O)NCc1ccc(C(=O)N(C)C(C)C)cc1. The van der Waals surface area contributed by atoms with Gasteiger partial charge < -0.3 is 14.7 Å². The second-order valence-electron chi connectivity index (χ2n) is 7.05. The zero-order chi connectivity index (χ0) is 19.4. The van der Waals surface area contributed by atoms with Gasteiger partial charge in [0.05, 0.1) is 5.69 Å². The van der Waals surface area contributed by atoms with Crippen molar-refractivity contribution in [3.63, 3.8) is 0 Å². The van der Waals surface area contributed by atoms with Crippen molar-refractivity contribution >= 4 is 11.8 Å². The average molecular weight is 357 g/mol. The van der Waals surface area contributed by atoms with E-state index in [0.717, 1.165) is 5.56 Å². The van der Waals surface area contributed by atoms with E-state index in [0.29, 0.717) is 29.1 Å². The van der Waals surface area contributed by atoms with E-state index in [2.05, 4.69) is 10.5 Å². The zero-order valence-electron chi connectivity index (χ0n) is 16.3. The topological polar surface area (TPSA) is 75.4 Å². The molecule has 1 aromatic heterocycles. The van der Waals surface area contributed by atoms with Crippen LogP contribution >= 0.6 is 0 Å². The summed E-state index contributed by atoms with van der Waals surface area (Å²) in [7, 11) is 1.79. The van der Waals surface area contributed by atoms with Crippen LogP contribution in [0.25, 0.3) is 0 Å². The van der Waals surface area contributed by atoms with E-state index >= 15 is 0 Å². The first kappa shape index (κ1) is 19.7. The molecule has 0 aliphatic rings. The molecule has 6 nitrogen and oxygen atoms in total. The van der Waals surface area contributed by atoms with Crippen LogP contribution in [0, 0.1) is 6.92 Å². The molecule has 0 saturated carbocycles. The van der Waals surface area contributed by atoms with Gasteiger partial charge in [0.2, 0.25) is 0 Å². The van der Waals surface area contributed by atoms with Gasteiger partial charge in [-0.15, -0.1) is 0 Å². The van der Waals surface area contributed by atoms with Gasteiger partial charge in [0, 0.05) is 31.1 Å². The van der Waals surface area contributed by atoms with Crippen molar-refractivity contribution in [3.8, 4) is 0 Å². The van der Waals surface area contributed by atoms with Crippen molar-refractivity contribution in [1.29, 1.82) is 0 Å². The molecule has 1 heterocycles. The molecule has 0 atom stereocenters. The lowest BCUT2D eigenvalue weighted by molar-refractivity contribution is 0.0754. The Morgan fingerprint density at radius 1 is 1.15 bits per heavy atom. The lowest BCUT2D eigenvalue weighted by Gasteiger charge is -2.21. The normalized spacial score (nSPS) is 11.1. The minimum atomic E-state index is -0.202. The van der Waals surface area contributed by atoms with E-state index in [4.69, 9.17) is 4.52 Å². The van der Waals surface area contributed by atoms with Crippen molar-refractivity contribution in [3.05, 3.63) is 52.4 Å². The first-order valence-corrected chi connectivity index (χ1v) is 8.82. The molecule has 0 unspecified atom stereocenters. The third-order valence-corrected chi connectivity index (χ3v) is 4.39. The Hall–Kier alpha value is -2.63. The van der Waals surface area contributed by atoms with Gasteiger partial charge in [0.25, 0.3) is 11.8 Å². The molecule has 0 aliphatic heterocycles. The summed E-state index contributed by atoms with van der Waals surface area (Å²) in [6, 6.07) is 7.42. The predicted octanol–water partition coefficient (Wildman–Crippen LogP) is 3.52. The van der Waals surface area contributed by atoms with Crippen LogP contribution in [0.4, 0.5) is 0 Å². The van der Waals surface area contributed by atoms with Crippen molar-refractivity contribution in [1.82, 2.24) is 15.4 Å². The van der Waals surface area contributed by atoms with Gasteiger partial charge in [0.15, 0.2) is 5.76 Å². The number of benzene rings is 1. The van der Waals surface area contributed by atoms with Gasteiger partial charge in [-0.1, -0.05) is 31.1 Å². The lowest BCUT2D eigenvalue weighted by Crippen LogP contribution is -2.32. The van der Waals surface area contributed by atoms with Gasteiger partial charge in [-0.2, -0.15) is 0 Å². The molecule has 0 bridgehead atoms. The van der Waals surface area contributed by atoms with Gasteiger partial charge >= 0.3 is 0 Å². The molecule has 6 heteroatoms. The van der Waals surface area contributed by atoms with Crippen LogP contribution in [0.2, 0.25) is 0 Å². The van der Waals surface area contributed by atoms with Gasteiger partial charge in [-0.05, 0) is 38.5 Å². The molecule has 0 saturated heterocycles. The molecule has 2 aromatic rings. The molecule has 1 N–H and O–H groups in total. The molecule has 0 radical (unpaired) electrons. The molecule has 0 fully saturated rings. The molecular formula is C20H27N3O3. The van der Waals surface area contributed by atoms with Crippen LogP contribution in [0.15, 0.2) is 28.8 Å². The lowest BCUT2D eigenvalue weighted by atomic mass is 10.0. The van der Waals surface area contributed by atoms with Crippen LogP contribution in [0.5, 0.6) is 0 Å². The maximum Gasteiger partial charge on any atom is 0.257 e. The number of hydrogen-bond acceptors (Lipinski definition) is 4. The number of rotatable bonds is 6. The molecule has 26 heavy (non-hydrogen) atoms. The van der Waals surface area contributed by atoms with Crippen LogP contribution < -0.4 is 5.32 Å². The second kappa shape index (κ2) is 8.17. The summed E-state index contributed by atoms with van der Waals surface area (Å²) in [5.41, 5.74) is 2.64. The van der Waals surface area contributed by atoms with Gasteiger partial charge in [-0.25, -0.2) is 0 Å². The second-order valence-corrected chi connectivity index (χ2v) is 7.05. The van der Waals surface area contributed by atoms with Crippen molar-refractivity contribution in [2.75, 3.05) is 7.05 Å². The molecule has 2 rings (SSSR count). The summed E-state index contributed by atoms with van der Waals surface area (Å²) < 4.78 is 5.26. The zero-order valence-corrected chi connectivity index (χ0v) is 16.3. The quantitative estimate of drug-likeness (QED) is 0.858. The van der Waals surface area contributed by atoms with E-state index in [1.165, 1.54) is 0 Å². The fourth-order valence-corrected chi connectivity index (χ4v) is 2.53. The van der Waals surface area contributed by atoms with Crippen molar-refractivity contribution in [2.45, 2.75) is 53.1 Å². The summed E-state index contributed by atoms with van der Waals surface area (Å²) in [4.78, 5) is 26.5. The minimum absolute atomic E-state index is 0.0164. The highest BCUT2D eigenvalue weighted by atomic mass is 16.5. The van der Waals surface area contributed by atoms with Crippen molar-refractivity contribution < 1.29 is 14.1 Å². The summed E-state index contributed by atoms with van der Waals surface area (Å²) in [6.07, 6.45) is 0.